The van der Waals surface area contributed by atoms with Gasteiger partial charge < -0.3 is 28.6 Å². The molecule has 4 heterocycles. The van der Waals surface area contributed by atoms with Gasteiger partial charge in [-0.25, -0.2) is 19.3 Å². The van der Waals surface area contributed by atoms with Gasteiger partial charge in [-0.1, -0.05) is 30.3 Å². The van der Waals surface area contributed by atoms with Crippen LogP contribution in [0.15, 0.2) is 67.3 Å². The number of fused-ring (bicyclic) bond motifs is 2. The highest BCUT2D eigenvalue weighted by Gasteiger charge is 2.56. The minimum atomic E-state index is -0.821. The maximum atomic E-state index is 13.7. The van der Waals surface area contributed by atoms with Crippen molar-refractivity contribution in [1.82, 2.24) is 19.5 Å². The van der Waals surface area contributed by atoms with E-state index in [1.165, 1.54) is 18.5 Å². The molecule has 2 fully saturated rings. The molecule has 0 bridgehead atoms. The van der Waals surface area contributed by atoms with E-state index >= 15 is 0 Å². The van der Waals surface area contributed by atoms with Gasteiger partial charge in [0.1, 0.15) is 42.8 Å². The molecule has 2 aliphatic heterocycles. The fraction of sp³-hybridized carbons (Fsp3) is 0.357. The third kappa shape index (κ3) is 5.35. The van der Waals surface area contributed by atoms with Gasteiger partial charge >= 0.3 is 5.24 Å². The van der Waals surface area contributed by atoms with Gasteiger partial charge in [-0.3, -0.25) is 4.57 Å². The van der Waals surface area contributed by atoms with Crippen LogP contribution in [0.1, 0.15) is 25.6 Å². The molecule has 12 heteroatoms. The highest BCUT2D eigenvalue weighted by molar-refractivity contribution is 7.79. The molecule has 2 saturated heterocycles. The average molecular weight is 566 g/mol. The summed E-state index contributed by atoms with van der Waals surface area (Å²) in [4.78, 5) is 15.5. The predicted octanol–water partition coefficient (Wildman–Crippen LogP) is 4.40. The first-order valence-electron chi connectivity index (χ1n) is 12.8. The SMILES string of the molecule is CN(Cc1cccc(F)c1)c1ncnc2c1ncn2[C@@H]1O[C@H](COC(=S)Oc2ccccc2)[C@H]2OC(C)(C)O[C@H]21. The van der Waals surface area contributed by atoms with Crippen LogP contribution in [0.2, 0.25) is 0 Å². The highest BCUT2D eigenvalue weighted by atomic mass is 32.1. The van der Waals surface area contributed by atoms with Crippen molar-refractivity contribution in [2.45, 2.75) is 50.7 Å². The largest absolute Gasteiger partial charge is 0.454 e. The van der Waals surface area contributed by atoms with E-state index in [0.29, 0.717) is 29.3 Å². The Morgan fingerprint density at radius 3 is 2.67 bits per heavy atom. The van der Waals surface area contributed by atoms with Crippen LogP contribution in [0.25, 0.3) is 11.2 Å². The minimum Gasteiger partial charge on any atom is -0.454 e. The monoisotopic (exact) mass is 565 g/mol. The number of hydrogen-bond acceptors (Lipinski definition) is 10. The van der Waals surface area contributed by atoms with Gasteiger partial charge in [-0.2, -0.15) is 0 Å². The molecule has 2 aromatic carbocycles. The molecule has 208 valence electrons. The molecule has 40 heavy (non-hydrogen) atoms. The second-order valence-corrected chi connectivity index (χ2v) is 10.4. The highest BCUT2D eigenvalue weighted by Crippen LogP contribution is 2.44. The Bertz CT molecular complexity index is 1520. The Labute approximate surface area is 235 Å². The maximum Gasteiger partial charge on any atom is 0.357 e. The molecule has 2 aromatic heterocycles. The van der Waals surface area contributed by atoms with Crippen molar-refractivity contribution in [3.05, 3.63) is 78.6 Å². The third-order valence-electron chi connectivity index (χ3n) is 6.72. The second kappa shape index (κ2) is 10.7. The minimum absolute atomic E-state index is 0.0141. The molecule has 0 spiro atoms. The molecule has 0 N–H and O–H groups in total. The molecular formula is C28H28FN5O5S. The number of ether oxygens (including phenoxy) is 5. The molecule has 0 saturated carbocycles. The molecule has 6 rings (SSSR count). The number of rotatable bonds is 7. The van der Waals surface area contributed by atoms with Gasteiger partial charge in [0.25, 0.3) is 0 Å². The zero-order valence-corrected chi connectivity index (χ0v) is 23.0. The molecule has 10 nitrogen and oxygen atoms in total. The number of aromatic nitrogens is 4. The zero-order valence-electron chi connectivity index (χ0n) is 22.1. The lowest BCUT2D eigenvalue weighted by Crippen LogP contribution is -2.34. The van der Waals surface area contributed by atoms with Crippen LogP contribution in [0, 0.1) is 5.82 Å². The smallest absolute Gasteiger partial charge is 0.357 e. The Morgan fingerprint density at radius 2 is 1.88 bits per heavy atom. The van der Waals surface area contributed by atoms with Crippen LogP contribution >= 0.6 is 12.2 Å². The summed E-state index contributed by atoms with van der Waals surface area (Å²) >= 11 is 5.27. The summed E-state index contributed by atoms with van der Waals surface area (Å²) in [5.74, 6) is 0.0801. The molecule has 0 amide bonds. The first-order chi connectivity index (χ1) is 19.3. The maximum absolute atomic E-state index is 13.7. The van der Waals surface area contributed by atoms with E-state index in [1.54, 1.807) is 24.5 Å². The molecule has 0 unspecified atom stereocenters. The lowest BCUT2D eigenvalue weighted by molar-refractivity contribution is -0.199. The number of imidazole rings is 1. The van der Waals surface area contributed by atoms with Crippen LogP contribution in [-0.2, 0) is 25.5 Å². The fourth-order valence-corrected chi connectivity index (χ4v) is 5.24. The van der Waals surface area contributed by atoms with Crippen molar-refractivity contribution in [2.24, 2.45) is 0 Å². The predicted molar refractivity (Wildman–Crippen MR) is 147 cm³/mol. The Kier molecular flexibility index (Phi) is 7.09. The zero-order chi connectivity index (χ0) is 27.9. The molecule has 0 aliphatic carbocycles. The van der Waals surface area contributed by atoms with E-state index < -0.39 is 30.3 Å². The summed E-state index contributed by atoms with van der Waals surface area (Å²) in [5.41, 5.74) is 1.96. The van der Waals surface area contributed by atoms with Gasteiger partial charge in [0.2, 0.25) is 0 Å². The first kappa shape index (κ1) is 26.5. The van der Waals surface area contributed by atoms with Crippen molar-refractivity contribution < 1.29 is 28.1 Å². The lowest BCUT2D eigenvalue weighted by Gasteiger charge is -2.25. The Hall–Kier alpha value is -3.71. The van der Waals surface area contributed by atoms with Gasteiger partial charge in [0, 0.05) is 25.8 Å². The summed E-state index contributed by atoms with van der Waals surface area (Å²) in [6.07, 6.45) is 1.16. The molecular weight excluding hydrogens is 537 g/mol. The van der Waals surface area contributed by atoms with Crippen LogP contribution in [0.4, 0.5) is 10.2 Å². The van der Waals surface area contributed by atoms with E-state index in [-0.39, 0.29) is 17.7 Å². The fourth-order valence-electron chi connectivity index (χ4n) is 5.07. The van der Waals surface area contributed by atoms with E-state index in [4.69, 9.17) is 35.9 Å². The van der Waals surface area contributed by atoms with Gasteiger partial charge in [0.05, 0.1) is 6.33 Å². The van der Waals surface area contributed by atoms with E-state index in [9.17, 15) is 4.39 Å². The van der Waals surface area contributed by atoms with E-state index in [1.807, 2.05) is 54.6 Å². The Balaban J connectivity index is 1.22. The van der Waals surface area contributed by atoms with Crippen molar-refractivity contribution in [2.75, 3.05) is 18.6 Å². The van der Waals surface area contributed by atoms with Crippen molar-refractivity contribution in [3.63, 3.8) is 0 Å². The number of thiocarbonyl (C=S) groups is 1. The summed E-state index contributed by atoms with van der Waals surface area (Å²) in [7, 11) is 1.87. The standard InChI is InChI=1S/C28H28FN5O5S/c1-28(2)38-22-20(14-35-27(40)36-19-10-5-4-6-11-19)37-26(23(22)39-28)34-16-32-21-24(30-15-31-25(21)34)33(3)13-17-8-7-9-18(29)12-17/h4-12,15-16,20,22-23,26H,13-14H2,1-3H3/t20-,22-,23-,26-/m1/s1. The van der Waals surface area contributed by atoms with Crippen LogP contribution in [0.3, 0.4) is 0 Å². The number of para-hydroxylation sites is 1. The summed E-state index contributed by atoms with van der Waals surface area (Å²) in [6.45, 7) is 4.26. The van der Waals surface area contributed by atoms with Gasteiger partial charge in [-0.05, 0) is 43.7 Å². The Morgan fingerprint density at radius 1 is 1.07 bits per heavy atom. The van der Waals surface area contributed by atoms with Crippen LogP contribution < -0.4 is 9.64 Å². The molecule has 0 radical (unpaired) electrons. The lowest BCUT2D eigenvalue weighted by atomic mass is 10.1. The number of halogens is 1. The second-order valence-electron chi connectivity index (χ2n) is 10.1. The van der Waals surface area contributed by atoms with Crippen molar-refractivity contribution >= 4 is 34.4 Å². The number of anilines is 1. The first-order valence-corrected chi connectivity index (χ1v) is 13.2. The summed E-state index contributed by atoms with van der Waals surface area (Å²) in [6, 6.07) is 15.6. The van der Waals surface area contributed by atoms with Crippen LogP contribution in [0.5, 0.6) is 5.75 Å². The van der Waals surface area contributed by atoms with Gasteiger partial charge in [0.15, 0.2) is 29.0 Å². The average Bonchev–Trinajstić information content (AvgIpc) is 3.58. The third-order valence-corrected chi connectivity index (χ3v) is 6.92. The summed E-state index contributed by atoms with van der Waals surface area (Å²) in [5, 5.41) is -0.0141. The molecule has 2 aliphatic rings. The topological polar surface area (TPSA) is 93.0 Å². The number of benzene rings is 2. The number of nitrogens with zero attached hydrogens (tertiary/aromatic N) is 5. The van der Waals surface area contributed by atoms with E-state index in [2.05, 4.69) is 15.0 Å². The van der Waals surface area contributed by atoms with Gasteiger partial charge in [-0.15, -0.1) is 0 Å². The van der Waals surface area contributed by atoms with E-state index in [0.717, 1.165) is 5.56 Å². The van der Waals surface area contributed by atoms with Crippen LogP contribution in [-0.4, -0.2) is 62.5 Å². The molecule has 4 atom stereocenters. The van der Waals surface area contributed by atoms with Crippen molar-refractivity contribution in [3.8, 4) is 5.75 Å². The van der Waals surface area contributed by atoms with Crippen molar-refractivity contribution in [1.29, 1.82) is 0 Å². The summed E-state index contributed by atoms with van der Waals surface area (Å²) < 4.78 is 45.7. The number of hydrogen-bond donors (Lipinski definition) is 0. The molecule has 4 aromatic rings. The quantitative estimate of drug-likeness (QED) is 0.300. The normalized spacial score (nSPS) is 23.2.